The summed E-state index contributed by atoms with van der Waals surface area (Å²) in [5.74, 6) is 0.773. The van der Waals surface area contributed by atoms with Crippen LogP contribution in [0.15, 0.2) is 0 Å². The zero-order valence-corrected chi connectivity index (χ0v) is 11.4. The predicted molar refractivity (Wildman–Crippen MR) is 66.3 cm³/mol. The lowest BCUT2D eigenvalue weighted by molar-refractivity contribution is 0.0569. The van der Waals surface area contributed by atoms with Gasteiger partial charge in [-0.15, -0.1) is 0 Å². The summed E-state index contributed by atoms with van der Waals surface area (Å²) in [5.41, 5.74) is 0. The van der Waals surface area contributed by atoms with Gasteiger partial charge in [0.2, 0.25) is 10.0 Å². The number of ether oxygens (including phenoxy) is 1. The van der Waals surface area contributed by atoms with Gasteiger partial charge in [0.15, 0.2) is 0 Å². The molecular weight excluding hydrogens is 240 g/mol. The van der Waals surface area contributed by atoms with Gasteiger partial charge in [-0.05, 0) is 25.3 Å². The van der Waals surface area contributed by atoms with Gasteiger partial charge in [0.1, 0.15) is 0 Å². The Morgan fingerprint density at radius 2 is 2.12 bits per heavy atom. The first-order chi connectivity index (χ1) is 8.00. The third-order valence-corrected chi connectivity index (χ3v) is 5.78. The van der Waals surface area contributed by atoms with Crippen LogP contribution in [0.3, 0.4) is 0 Å². The second-order valence-corrected chi connectivity index (χ2v) is 7.42. The van der Waals surface area contributed by atoms with Gasteiger partial charge in [0.25, 0.3) is 0 Å². The Morgan fingerprint density at radius 1 is 1.35 bits per heavy atom. The van der Waals surface area contributed by atoms with Crippen LogP contribution >= 0.6 is 0 Å². The molecule has 2 heterocycles. The Kier molecular flexibility index (Phi) is 4.07. The molecule has 0 radical (unpaired) electrons. The molecule has 2 aliphatic heterocycles. The molecule has 2 rings (SSSR count). The first kappa shape index (κ1) is 13.3. The van der Waals surface area contributed by atoms with Crippen molar-refractivity contribution in [1.82, 2.24) is 9.62 Å². The summed E-state index contributed by atoms with van der Waals surface area (Å²) in [5, 5.41) is 3.30. The first-order valence-corrected chi connectivity index (χ1v) is 7.84. The Morgan fingerprint density at radius 3 is 2.71 bits per heavy atom. The summed E-state index contributed by atoms with van der Waals surface area (Å²) in [7, 11) is 0.0857. The van der Waals surface area contributed by atoms with E-state index in [0.29, 0.717) is 5.92 Å². The highest BCUT2D eigenvalue weighted by molar-refractivity contribution is 7.89. The van der Waals surface area contributed by atoms with E-state index in [4.69, 9.17) is 4.74 Å². The Hall–Kier alpha value is -0.170. The average Bonchev–Trinajstić information content (AvgIpc) is 2.85. The van der Waals surface area contributed by atoms with Crippen LogP contribution in [0.2, 0.25) is 0 Å². The molecule has 0 aromatic rings. The van der Waals surface area contributed by atoms with Gasteiger partial charge in [0.05, 0.1) is 11.9 Å². The average molecular weight is 262 g/mol. The molecule has 2 fully saturated rings. The third kappa shape index (κ3) is 2.99. The number of sulfonamides is 1. The van der Waals surface area contributed by atoms with E-state index in [0.717, 1.165) is 32.5 Å². The van der Waals surface area contributed by atoms with Gasteiger partial charge in [0, 0.05) is 33.2 Å². The lowest BCUT2D eigenvalue weighted by atomic mass is 9.91. The van der Waals surface area contributed by atoms with E-state index in [1.165, 1.54) is 4.31 Å². The first-order valence-electron chi connectivity index (χ1n) is 6.23. The lowest BCUT2D eigenvalue weighted by Gasteiger charge is -2.24. The molecule has 0 spiro atoms. The largest absolute Gasteiger partial charge is 0.378 e. The van der Waals surface area contributed by atoms with Crippen LogP contribution < -0.4 is 5.32 Å². The van der Waals surface area contributed by atoms with E-state index in [1.807, 2.05) is 0 Å². The molecule has 0 aromatic carbocycles. The van der Waals surface area contributed by atoms with Gasteiger partial charge < -0.3 is 10.1 Å². The molecule has 0 amide bonds. The molecule has 2 aliphatic rings. The van der Waals surface area contributed by atoms with Gasteiger partial charge in [-0.25, -0.2) is 12.7 Å². The van der Waals surface area contributed by atoms with Crippen LogP contribution in [-0.4, -0.2) is 58.4 Å². The maximum Gasteiger partial charge on any atom is 0.213 e. The summed E-state index contributed by atoms with van der Waals surface area (Å²) >= 11 is 0. The molecule has 3 atom stereocenters. The number of nitrogens with one attached hydrogen (secondary N) is 1. The highest BCUT2D eigenvalue weighted by Crippen LogP contribution is 2.30. The van der Waals surface area contributed by atoms with Crippen molar-refractivity contribution in [2.24, 2.45) is 11.8 Å². The van der Waals surface area contributed by atoms with E-state index in [-0.39, 0.29) is 17.8 Å². The topological polar surface area (TPSA) is 58.6 Å². The predicted octanol–water partition coefficient (Wildman–Crippen LogP) is -0.108. The fourth-order valence-corrected chi connectivity index (χ4v) is 3.94. The number of rotatable bonds is 4. The zero-order chi connectivity index (χ0) is 12.5. The van der Waals surface area contributed by atoms with E-state index in [1.54, 1.807) is 14.1 Å². The van der Waals surface area contributed by atoms with E-state index >= 15 is 0 Å². The van der Waals surface area contributed by atoms with E-state index in [9.17, 15) is 8.42 Å². The summed E-state index contributed by atoms with van der Waals surface area (Å²) in [6.45, 7) is 2.50. The molecule has 0 aliphatic carbocycles. The summed E-state index contributed by atoms with van der Waals surface area (Å²) in [6.07, 6.45) is 2.44. The zero-order valence-electron chi connectivity index (χ0n) is 10.6. The van der Waals surface area contributed by atoms with Crippen molar-refractivity contribution in [3.63, 3.8) is 0 Å². The van der Waals surface area contributed by atoms with Crippen molar-refractivity contribution in [2.75, 3.05) is 39.5 Å². The number of hydrogen-bond donors (Lipinski definition) is 1. The Balaban J connectivity index is 2.00. The van der Waals surface area contributed by atoms with Crippen LogP contribution in [0, 0.1) is 11.8 Å². The van der Waals surface area contributed by atoms with Crippen molar-refractivity contribution in [1.29, 1.82) is 0 Å². The molecule has 0 saturated carbocycles. The van der Waals surface area contributed by atoms with Crippen LogP contribution in [0.4, 0.5) is 0 Å². The monoisotopic (exact) mass is 262 g/mol. The SMILES string of the molecule is CN(C)S(=O)(=O)CC1CNCC1C1CCCO1. The maximum atomic E-state index is 11.9. The lowest BCUT2D eigenvalue weighted by Crippen LogP contribution is -2.35. The molecule has 6 heteroatoms. The Labute approximate surface area is 104 Å². The van der Waals surface area contributed by atoms with Crippen molar-refractivity contribution in [3.8, 4) is 0 Å². The number of hydrogen-bond acceptors (Lipinski definition) is 4. The molecular formula is C11H22N2O3S. The normalized spacial score (nSPS) is 34.6. The molecule has 0 bridgehead atoms. The van der Waals surface area contributed by atoms with Crippen molar-refractivity contribution in [2.45, 2.75) is 18.9 Å². The van der Waals surface area contributed by atoms with E-state index < -0.39 is 10.0 Å². The van der Waals surface area contributed by atoms with Crippen LogP contribution in [0.5, 0.6) is 0 Å². The summed E-state index contributed by atoms with van der Waals surface area (Å²) in [6, 6.07) is 0. The Bertz CT molecular complexity index is 350. The maximum absolute atomic E-state index is 11.9. The van der Waals surface area contributed by atoms with Gasteiger partial charge in [-0.2, -0.15) is 0 Å². The summed E-state index contributed by atoms with van der Waals surface area (Å²) < 4.78 is 30.8. The molecule has 3 unspecified atom stereocenters. The minimum atomic E-state index is -3.11. The standard InChI is InChI=1S/C11H22N2O3S/c1-13(2)17(14,15)8-9-6-12-7-10(9)11-4-3-5-16-11/h9-12H,3-8H2,1-2H3. The third-order valence-electron chi connectivity index (χ3n) is 3.82. The minimum absolute atomic E-state index is 0.186. The van der Waals surface area contributed by atoms with Crippen LogP contribution in [-0.2, 0) is 14.8 Å². The smallest absolute Gasteiger partial charge is 0.213 e. The van der Waals surface area contributed by atoms with Crippen molar-refractivity contribution >= 4 is 10.0 Å². The quantitative estimate of drug-likeness (QED) is 0.768. The second kappa shape index (κ2) is 5.22. The fourth-order valence-electron chi connectivity index (χ4n) is 2.73. The van der Waals surface area contributed by atoms with E-state index in [2.05, 4.69) is 5.32 Å². The molecule has 2 saturated heterocycles. The summed E-state index contributed by atoms with van der Waals surface area (Å²) in [4.78, 5) is 0. The molecule has 1 N–H and O–H groups in total. The second-order valence-electron chi connectivity index (χ2n) is 5.19. The van der Waals surface area contributed by atoms with Gasteiger partial charge in [-0.3, -0.25) is 0 Å². The fraction of sp³-hybridized carbons (Fsp3) is 1.00. The minimum Gasteiger partial charge on any atom is -0.378 e. The van der Waals surface area contributed by atoms with Gasteiger partial charge in [-0.1, -0.05) is 0 Å². The van der Waals surface area contributed by atoms with Crippen molar-refractivity contribution < 1.29 is 13.2 Å². The highest BCUT2D eigenvalue weighted by atomic mass is 32.2. The van der Waals surface area contributed by atoms with Gasteiger partial charge >= 0.3 is 0 Å². The van der Waals surface area contributed by atoms with Crippen molar-refractivity contribution in [3.05, 3.63) is 0 Å². The highest BCUT2D eigenvalue weighted by Gasteiger charge is 2.38. The van der Waals surface area contributed by atoms with Crippen LogP contribution in [0.25, 0.3) is 0 Å². The molecule has 5 nitrogen and oxygen atoms in total. The van der Waals surface area contributed by atoms with Crippen LogP contribution in [0.1, 0.15) is 12.8 Å². The molecule has 17 heavy (non-hydrogen) atoms. The molecule has 0 aromatic heterocycles. The molecule has 100 valence electrons. The number of nitrogens with zero attached hydrogens (tertiary/aromatic N) is 1.